The zero-order chi connectivity index (χ0) is 25.2. The molecule has 1 fully saturated rings. The van der Waals surface area contributed by atoms with E-state index in [0.29, 0.717) is 11.6 Å². The summed E-state index contributed by atoms with van der Waals surface area (Å²) in [6, 6.07) is 0.0815. The van der Waals surface area contributed by atoms with Crippen molar-refractivity contribution < 1.29 is 39.1 Å². The van der Waals surface area contributed by atoms with E-state index in [1.807, 2.05) is 25.5 Å². The molecule has 1 saturated heterocycles. The van der Waals surface area contributed by atoms with Gasteiger partial charge in [0.05, 0.1) is 6.10 Å². The molecule has 192 valence electrons. The first-order chi connectivity index (χ1) is 16.0. The molecule has 10 nitrogen and oxygen atoms in total. The number of aliphatic hydroxyl groups excluding tert-OH is 3. The zero-order valence-electron chi connectivity index (χ0n) is 20.4. The molecule has 11 heteroatoms. The van der Waals surface area contributed by atoms with E-state index in [4.69, 9.17) is 18.9 Å². The molecule has 0 aliphatic carbocycles. The maximum Gasteiger partial charge on any atom is 0.508 e. The SMILES string of the molecule is CC1=C[SH](Cc2c(O[C@@H]3O[C@H](COC(=O)OC(C)C)[C@@H](O)[C@H](O)[C@H]3O)nn(C(C)C)c2C)C=C1. The van der Waals surface area contributed by atoms with Crippen LogP contribution in [-0.4, -0.2) is 74.7 Å². The Morgan fingerprint density at radius 1 is 1.18 bits per heavy atom. The highest BCUT2D eigenvalue weighted by Gasteiger charge is 2.46. The molecule has 6 atom stereocenters. The van der Waals surface area contributed by atoms with Crippen LogP contribution in [0.5, 0.6) is 5.88 Å². The highest BCUT2D eigenvalue weighted by molar-refractivity contribution is 8.21. The molecular formula is C23H36N2O8S. The Hall–Kier alpha value is -2.05. The summed E-state index contributed by atoms with van der Waals surface area (Å²) in [6.45, 7) is 11.0. The summed E-state index contributed by atoms with van der Waals surface area (Å²) in [4.78, 5) is 11.7. The van der Waals surface area contributed by atoms with Crippen LogP contribution in [0, 0.1) is 6.92 Å². The number of carbonyl (C=O) groups is 1. The smallest absolute Gasteiger partial charge is 0.443 e. The van der Waals surface area contributed by atoms with Gasteiger partial charge in [-0.05, 0) is 57.9 Å². The second-order valence-corrected chi connectivity index (χ2v) is 11.0. The lowest BCUT2D eigenvalue weighted by Gasteiger charge is -2.39. The number of hydrogen-bond acceptors (Lipinski definition) is 9. The van der Waals surface area contributed by atoms with Crippen LogP contribution < -0.4 is 4.74 Å². The van der Waals surface area contributed by atoms with E-state index in [0.717, 1.165) is 11.3 Å². The summed E-state index contributed by atoms with van der Waals surface area (Å²) in [7, 11) is -0.519. The molecule has 0 bridgehead atoms. The number of rotatable bonds is 8. The van der Waals surface area contributed by atoms with Gasteiger partial charge in [0.15, 0.2) is 0 Å². The Morgan fingerprint density at radius 3 is 2.47 bits per heavy atom. The Labute approximate surface area is 202 Å². The molecule has 3 N–H and O–H groups in total. The second-order valence-electron chi connectivity index (χ2n) is 9.13. The van der Waals surface area contributed by atoms with Crippen molar-refractivity contribution in [1.29, 1.82) is 0 Å². The minimum absolute atomic E-state index is 0.0815. The van der Waals surface area contributed by atoms with Crippen LogP contribution in [0.25, 0.3) is 0 Å². The molecular weight excluding hydrogens is 464 g/mol. The summed E-state index contributed by atoms with van der Waals surface area (Å²) in [5.41, 5.74) is 3.05. The number of thiol groups is 1. The van der Waals surface area contributed by atoms with E-state index >= 15 is 0 Å². The average Bonchev–Trinajstić information content (AvgIpc) is 3.30. The Kier molecular flexibility index (Phi) is 8.69. The first kappa shape index (κ1) is 26.6. The molecule has 0 radical (unpaired) electrons. The molecule has 1 aromatic heterocycles. The Morgan fingerprint density at radius 2 is 1.88 bits per heavy atom. The fourth-order valence-electron chi connectivity index (χ4n) is 3.79. The summed E-state index contributed by atoms with van der Waals surface area (Å²) in [6.07, 6.45) is -6.26. The van der Waals surface area contributed by atoms with Crippen LogP contribution in [0.15, 0.2) is 22.5 Å². The standard InChI is InChI=1S/C23H36N2O8S/c1-12(2)25-15(6)16(11-34-8-7-14(5)10-34)21(24-25)33-22-20(28)19(27)18(26)17(32-22)9-30-23(29)31-13(3)4/h7-8,10,12-13,17-20,22,26-28,34H,9,11H2,1-6H3/t17-,18-,19+,20-,22+/m1/s1. The van der Waals surface area contributed by atoms with Crippen LogP contribution in [0.3, 0.4) is 0 Å². The molecule has 3 heterocycles. The van der Waals surface area contributed by atoms with E-state index in [2.05, 4.69) is 28.9 Å². The third-order valence-electron chi connectivity index (χ3n) is 5.56. The van der Waals surface area contributed by atoms with Gasteiger partial charge in [-0.15, -0.1) is 5.10 Å². The van der Waals surface area contributed by atoms with Gasteiger partial charge in [0.2, 0.25) is 12.2 Å². The van der Waals surface area contributed by atoms with Gasteiger partial charge in [-0.25, -0.2) is 15.7 Å². The number of hydrogen-bond donors (Lipinski definition) is 4. The third-order valence-corrected chi connectivity index (χ3v) is 7.51. The maximum atomic E-state index is 11.7. The predicted octanol–water partition coefficient (Wildman–Crippen LogP) is 2.45. The minimum Gasteiger partial charge on any atom is -0.443 e. The molecule has 0 spiro atoms. The van der Waals surface area contributed by atoms with Crippen LogP contribution in [0.2, 0.25) is 0 Å². The van der Waals surface area contributed by atoms with E-state index in [9.17, 15) is 20.1 Å². The molecule has 0 aromatic carbocycles. The molecule has 1 aromatic rings. The summed E-state index contributed by atoms with van der Waals surface area (Å²) in [5.74, 6) is 1.00. The number of allylic oxidation sites excluding steroid dienone is 2. The monoisotopic (exact) mass is 500 g/mol. The first-order valence-corrected chi connectivity index (χ1v) is 13.0. The second kappa shape index (κ2) is 11.1. The topological polar surface area (TPSA) is 133 Å². The van der Waals surface area contributed by atoms with Crippen molar-refractivity contribution in [2.75, 3.05) is 6.61 Å². The van der Waals surface area contributed by atoms with Crippen molar-refractivity contribution in [3.05, 3.63) is 33.7 Å². The van der Waals surface area contributed by atoms with Crippen LogP contribution in [-0.2, 0) is 20.0 Å². The van der Waals surface area contributed by atoms with Crippen LogP contribution >= 0.6 is 10.9 Å². The van der Waals surface area contributed by atoms with Gasteiger partial charge in [0.25, 0.3) is 0 Å². The van der Waals surface area contributed by atoms with Gasteiger partial charge < -0.3 is 34.3 Å². The maximum absolute atomic E-state index is 11.7. The van der Waals surface area contributed by atoms with Crippen molar-refractivity contribution in [3.8, 4) is 5.88 Å². The number of aromatic nitrogens is 2. The predicted molar refractivity (Wildman–Crippen MR) is 128 cm³/mol. The van der Waals surface area contributed by atoms with Crippen molar-refractivity contribution >= 4 is 17.1 Å². The van der Waals surface area contributed by atoms with E-state index < -0.39 is 47.8 Å². The molecule has 3 rings (SSSR count). The van der Waals surface area contributed by atoms with Gasteiger partial charge in [0.1, 0.15) is 31.0 Å². The highest BCUT2D eigenvalue weighted by Crippen LogP contribution is 2.43. The molecule has 0 saturated carbocycles. The molecule has 1 unspecified atom stereocenters. The zero-order valence-corrected chi connectivity index (χ0v) is 21.3. The van der Waals surface area contributed by atoms with Crippen molar-refractivity contribution in [2.24, 2.45) is 0 Å². The van der Waals surface area contributed by atoms with Gasteiger partial charge in [-0.2, -0.15) is 0 Å². The summed E-state index contributed by atoms with van der Waals surface area (Å²) < 4.78 is 23.4. The van der Waals surface area contributed by atoms with E-state index in [-0.39, 0.29) is 18.8 Å². The summed E-state index contributed by atoms with van der Waals surface area (Å²) in [5, 5.41) is 40.2. The number of aliphatic hydroxyl groups is 3. The van der Waals surface area contributed by atoms with Crippen molar-refractivity contribution in [1.82, 2.24) is 9.78 Å². The molecule has 2 aliphatic heterocycles. The number of carbonyl (C=O) groups excluding carboxylic acids is 1. The van der Waals surface area contributed by atoms with E-state index in [1.54, 1.807) is 13.8 Å². The Bertz CT molecular complexity index is 928. The van der Waals surface area contributed by atoms with Crippen molar-refractivity contribution in [2.45, 2.75) is 90.1 Å². The largest absolute Gasteiger partial charge is 0.508 e. The van der Waals surface area contributed by atoms with Gasteiger partial charge in [-0.1, -0.05) is 6.08 Å². The van der Waals surface area contributed by atoms with Gasteiger partial charge in [0, 0.05) is 23.1 Å². The lowest BCUT2D eigenvalue weighted by atomic mass is 9.99. The normalized spacial score (nSPS) is 30.0. The first-order valence-electron chi connectivity index (χ1n) is 11.4. The van der Waals surface area contributed by atoms with E-state index in [1.165, 1.54) is 5.57 Å². The number of ether oxygens (including phenoxy) is 4. The third kappa shape index (κ3) is 6.14. The van der Waals surface area contributed by atoms with Crippen LogP contribution in [0.1, 0.15) is 51.9 Å². The average molecular weight is 501 g/mol. The lowest BCUT2D eigenvalue weighted by molar-refractivity contribution is -0.278. The minimum atomic E-state index is -1.57. The lowest BCUT2D eigenvalue weighted by Crippen LogP contribution is -2.60. The number of nitrogens with zero attached hydrogens (tertiary/aromatic N) is 2. The van der Waals surface area contributed by atoms with Gasteiger partial charge in [-0.3, -0.25) is 4.68 Å². The highest BCUT2D eigenvalue weighted by atomic mass is 32.2. The Balaban J connectivity index is 1.78. The fourth-order valence-corrected chi connectivity index (χ4v) is 5.83. The quantitative estimate of drug-likeness (QED) is 0.314. The van der Waals surface area contributed by atoms with Crippen LogP contribution in [0.4, 0.5) is 4.79 Å². The van der Waals surface area contributed by atoms with Gasteiger partial charge >= 0.3 is 6.16 Å². The molecule has 34 heavy (non-hydrogen) atoms. The fraction of sp³-hybridized carbons (Fsp3) is 0.652. The molecule has 0 amide bonds. The van der Waals surface area contributed by atoms with Crippen molar-refractivity contribution in [3.63, 3.8) is 0 Å². The summed E-state index contributed by atoms with van der Waals surface area (Å²) >= 11 is 0. The molecule has 2 aliphatic rings.